The first-order chi connectivity index (χ1) is 13.7. The van der Waals surface area contributed by atoms with E-state index in [4.69, 9.17) is 5.73 Å². The summed E-state index contributed by atoms with van der Waals surface area (Å²) in [7, 11) is 1.93. The average molecular weight is 399 g/mol. The van der Waals surface area contributed by atoms with Crippen molar-refractivity contribution >= 4 is 29.1 Å². The van der Waals surface area contributed by atoms with Gasteiger partial charge in [-0.25, -0.2) is 9.97 Å². The number of primary amides is 1. The Hall–Kier alpha value is -3.16. The van der Waals surface area contributed by atoms with Gasteiger partial charge in [0.1, 0.15) is 0 Å². The van der Waals surface area contributed by atoms with Gasteiger partial charge in [-0.1, -0.05) is 19.1 Å². The van der Waals surface area contributed by atoms with Crippen molar-refractivity contribution in [2.75, 3.05) is 23.8 Å². The zero-order valence-corrected chi connectivity index (χ0v) is 17.7. The van der Waals surface area contributed by atoms with Crippen molar-refractivity contribution in [1.82, 2.24) is 15.3 Å². The normalized spacial score (nSPS) is 10.7. The molecule has 8 nitrogen and oxygen atoms in total. The molecule has 0 spiro atoms. The second-order valence-electron chi connectivity index (χ2n) is 7.18. The summed E-state index contributed by atoms with van der Waals surface area (Å²) in [5, 5.41) is 6.04. The summed E-state index contributed by atoms with van der Waals surface area (Å²) in [5.74, 6) is 0.398. The Morgan fingerprint density at radius 2 is 1.97 bits per heavy atom. The van der Waals surface area contributed by atoms with Crippen LogP contribution in [0.3, 0.4) is 0 Å². The first-order valence-corrected chi connectivity index (χ1v) is 9.76. The van der Waals surface area contributed by atoms with Crippen LogP contribution in [0.5, 0.6) is 0 Å². The Bertz CT molecular complexity index is 881. The van der Waals surface area contributed by atoms with Crippen molar-refractivity contribution in [3.8, 4) is 0 Å². The van der Waals surface area contributed by atoms with Crippen LogP contribution in [0.1, 0.15) is 48.9 Å². The van der Waals surface area contributed by atoms with E-state index in [-0.39, 0.29) is 17.6 Å². The van der Waals surface area contributed by atoms with E-state index in [1.807, 2.05) is 50.1 Å². The second-order valence-corrected chi connectivity index (χ2v) is 7.18. The molecule has 0 bridgehead atoms. The number of nitrogens with one attached hydrogen (secondary N) is 2. The fourth-order valence-electron chi connectivity index (χ4n) is 2.76. The lowest BCUT2D eigenvalue weighted by atomic mass is 10.1. The molecule has 0 aliphatic heterocycles. The van der Waals surface area contributed by atoms with Crippen LogP contribution in [0.4, 0.5) is 17.3 Å². The Morgan fingerprint density at radius 1 is 1.24 bits per heavy atom. The van der Waals surface area contributed by atoms with E-state index < -0.39 is 5.91 Å². The summed E-state index contributed by atoms with van der Waals surface area (Å²) in [6.07, 6.45) is 1.17. The van der Waals surface area contributed by atoms with Gasteiger partial charge in [-0.3, -0.25) is 9.59 Å². The number of hydrogen-bond acceptors (Lipinski definition) is 6. The van der Waals surface area contributed by atoms with E-state index in [0.29, 0.717) is 36.7 Å². The number of hydrogen-bond donors (Lipinski definition) is 3. The van der Waals surface area contributed by atoms with Gasteiger partial charge in [-0.15, -0.1) is 0 Å². The van der Waals surface area contributed by atoms with Gasteiger partial charge in [0.15, 0.2) is 17.3 Å². The maximum Gasteiger partial charge on any atom is 0.271 e. The van der Waals surface area contributed by atoms with Gasteiger partial charge in [0.25, 0.3) is 5.91 Å². The van der Waals surface area contributed by atoms with E-state index >= 15 is 0 Å². The van der Waals surface area contributed by atoms with Crippen LogP contribution >= 0.6 is 0 Å². The number of anilines is 3. The number of carbonyl (C=O) groups excluding carboxylic acids is 2. The van der Waals surface area contributed by atoms with E-state index in [1.54, 1.807) is 0 Å². The molecule has 8 heteroatoms. The highest BCUT2D eigenvalue weighted by atomic mass is 16.2. The van der Waals surface area contributed by atoms with Crippen LogP contribution in [0.2, 0.25) is 0 Å². The van der Waals surface area contributed by atoms with E-state index in [9.17, 15) is 9.59 Å². The standard InChI is InChI=1S/C21H30N6O2/c1-6-17(28)23-11-10-15-8-7-9-16(12-15)25-20-18(19(22)29)24-14(4)21(26-20)27(5)13(2)3/h7-9,12-13H,6,10-11H2,1-5H3,(H2,22,29)(H,23,28)(H,25,26). The predicted molar refractivity (Wildman–Crippen MR) is 116 cm³/mol. The summed E-state index contributed by atoms with van der Waals surface area (Å²) in [5.41, 5.74) is 8.08. The molecule has 1 aromatic carbocycles. The first kappa shape index (κ1) is 22.1. The van der Waals surface area contributed by atoms with Gasteiger partial charge < -0.3 is 21.3 Å². The van der Waals surface area contributed by atoms with Crippen LogP contribution in [0.15, 0.2) is 24.3 Å². The molecule has 0 aliphatic rings. The van der Waals surface area contributed by atoms with Crippen molar-refractivity contribution in [2.45, 2.75) is 46.6 Å². The molecule has 0 unspecified atom stereocenters. The van der Waals surface area contributed by atoms with Gasteiger partial charge in [-0.2, -0.15) is 0 Å². The monoisotopic (exact) mass is 398 g/mol. The van der Waals surface area contributed by atoms with Gasteiger partial charge in [0.2, 0.25) is 5.91 Å². The van der Waals surface area contributed by atoms with Gasteiger partial charge in [0.05, 0.1) is 5.69 Å². The molecule has 1 heterocycles. The van der Waals surface area contributed by atoms with Crippen LogP contribution in [-0.2, 0) is 11.2 Å². The lowest BCUT2D eigenvalue weighted by Crippen LogP contribution is -2.29. The fourth-order valence-corrected chi connectivity index (χ4v) is 2.76. The molecule has 29 heavy (non-hydrogen) atoms. The maximum absolute atomic E-state index is 11.9. The van der Waals surface area contributed by atoms with Crippen molar-refractivity contribution in [2.24, 2.45) is 5.73 Å². The van der Waals surface area contributed by atoms with Gasteiger partial charge >= 0.3 is 0 Å². The molecule has 0 saturated carbocycles. The van der Waals surface area contributed by atoms with Gasteiger partial charge in [0, 0.05) is 31.7 Å². The van der Waals surface area contributed by atoms with Crippen LogP contribution < -0.4 is 21.3 Å². The lowest BCUT2D eigenvalue weighted by Gasteiger charge is -2.25. The number of carbonyl (C=O) groups is 2. The molecule has 0 atom stereocenters. The number of aromatic nitrogens is 2. The molecule has 156 valence electrons. The van der Waals surface area contributed by atoms with Crippen molar-refractivity contribution < 1.29 is 9.59 Å². The molecule has 2 rings (SSSR count). The minimum Gasteiger partial charge on any atom is -0.364 e. The minimum atomic E-state index is -0.639. The highest BCUT2D eigenvalue weighted by Gasteiger charge is 2.19. The summed E-state index contributed by atoms with van der Waals surface area (Å²) >= 11 is 0. The summed E-state index contributed by atoms with van der Waals surface area (Å²) in [4.78, 5) is 34.3. The molecule has 2 amide bonds. The summed E-state index contributed by atoms with van der Waals surface area (Å²) in [6.45, 7) is 8.30. The zero-order valence-electron chi connectivity index (χ0n) is 17.7. The minimum absolute atomic E-state index is 0.0297. The van der Waals surface area contributed by atoms with Crippen LogP contribution in [0, 0.1) is 6.92 Å². The molecular weight excluding hydrogens is 368 g/mol. The third kappa shape index (κ3) is 5.91. The number of amides is 2. The van der Waals surface area contributed by atoms with Gasteiger partial charge in [-0.05, 0) is 44.9 Å². The smallest absolute Gasteiger partial charge is 0.271 e. The molecule has 0 saturated heterocycles. The third-order valence-corrected chi connectivity index (χ3v) is 4.63. The summed E-state index contributed by atoms with van der Waals surface area (Å²) in [6, 6.07) is 7.95. The van der Waals surface area contributed by atoms with E-state index in [0.717, 1.165) is 11.3 Å². The molecule has 2 aromatic rings. The highest BCUT2D eigenvalue weighted by molar-refractivity contribution is 5.96. The Morgan fingerprint density at radius 3 is 2.59 bits per heavy atom. The molecule has 1 aromatic heterocycles. The number of nitrogens with two attached hydrogens (primary N) is 1. The number of nitrogens with zero attached hydrogens (tertiary/aromatic N) is 3. The summed E-state index contributed by atoms with van der Waals surface area (Å²) < 4.78 is 0. The molecule has 0 fully saturated rings. The largest absolute Gasteiger partial charge is 0.364 e. The van der Waals surface area contributed by atoms with Crippen LogP contribution in [-0.4, -0.2) is 41.4 Å². The predicted octanol–water partition coefficient (Wildman–Crippen LogP) is 2.54. The topological polar surface area (TPSA) is 113 Å². The SMILES string of the molecule is CCC(=O)NCCc1cccc(Nc2nc(N(C)C(C)C)c(C)nc2C(N)=O)c1. The van der Waals surface area contributed by atoms with Crippen molar-refractivity contribution in [1.29, 1.82) is 0 Å². The average Bonchev–Trinajstić information content (AvgIpc) is 2.68. The quantitative estimate of drug-likeness (QED) is 0.598. The Labute approximate surface area is 171 Å². The number of benzene rings is 1. The third-order valence-electron chi connectivity index (χ3n) is 4.63. The second kappa shape index (κ2) is 9.86. The van der Waals surface area contributed by atoms with E-state index in [1.165, 1.54) is 0 Å². The molecule has 4 N–H and O–H groups in total. The first-order valence-electron chi connectivity index (χ1n) is 9.76. The van der Waals surface area contributed by atoms with Crippen molar-refractivity contribution in [3.63, 3.8) is 0 Å². The zero-order chi connectivity index (χ0) is 21.6. The Balaban J connectivity index is 2.28. The maximum atomic E-state index is 11.9. The number of aryl methyl sites for hydroxylation is 1. The highest BCUT2D eigenvalue weighted by Crippen LogP contribution is 2.24. The molecule has 0 radical (unpaired) electrons. The molecule has 0 aliphatic carbocycles. The van der Waals surface area contributed by atoms with Crippen LogP contribution in [0.25, 0.3) is 0 Å². The van der Waals surface area contributed by atoms with E-state index in [2.05, 4.69) is 34.4 Å². The fraction of sp³-hybridized carbons (Fsp3) is 0.429. The number of rotatable bonds is 9. The lowest BCUT2D eigenvalue weighted by molar-refractivity contribution is -0.120. The van der Waals surface area contributed by atoms with Crippen molar-refractivity contribution in [3.05, 3.63) is 41.2 Å². The Kier molecular flexibility index (Phi) is 7.52. The molecular formula is C21H30N6O2.